The van der Waals surface area contributed by atoms with Crippen molar-refractivity contribution in [2.24, 2.45) is 4.99 Å². The maximum Gasteiger partial charge on any atom is 0.257 e. The average Bonchev–Trinajstić information content (AvgIpc) is 2.39. The number of fused-ring (bicyclic) bond motifs is 1. The van der Waals surface area contributed by atoms with Crippen molar-refractivity contribution in [1.29, 1.82) is 0 Å². The molecule has 2 aliphatic rings. The van der Waals surface area contributed by atoms with Crippen LogP contribution in [0.25, 0.3) is 0 Å². The Labute approximate surface area is 115 Å². The summed E-state index contributed by atoms with van der Waals surface area (Å²) < 4.78 is 0. The third kappa shape index (κ3) is 2.35. The highest BCUT2D eigenvalue weighted by molar-refractivity contribution is 8.14. The molecule has 98 valence electrons. The lowest BCUT2D eigenvalue weighted by molar-refractivity contribution is -0.133. The number of anilines is 1. The molecule has 0 atom stereocenters. The zero-order valence-corrected chi connectivity index (χ0v) is 11.3. The first-order valence-corrected chi connectivity index (χ1v) is 6.98. The van der Waals surface area contributed by atoms with Crippen LogP contribution in [0.15, 0.2) is 29.3 Å². The summed E-state index contributed by atoms with van der Waals surface area (Å²) in [6.45, 7) is 2.50. The summed E-state index contributed by atoms with van der Waals surface area (Å²) in [5.41, 5.74) is 2.28. The Morgan fingerprint density at radius 3 is 2.68 bits per heavy atom. The molecule has 1 saturated heterocycles. The summed E-state index contributed by atoms with van der Waals surface area (Å²) in [5.74, 6) is 0.186. The maximum absolute atomic E-state index is 11.9. The number of thioether (sulfide) groups is 1. The van der Waals surface area contributed by atoms with E-state index in [1.165, 1.54) is 17.3 Å². The van der Waals surface area contributed by atoms with Crippen LogP contribution in [0.2, 0.25) is 0 Å². The number of amidine groups is 1. The molecule has 0 bridgehead atoms. The largest absolute Gasteiger partial charge is 0.344 e. The van der Waals surface area contributed by atoms with Gasteiger partial charge in [-0.25, -0.2) is 0 Å². The second kappa shape index (κ2) is 4.70. The SMILES string of the molecule is Cc1ccc(N2CSC3=NC(=O)CC(=O)N3C2)cc1. The third-order valence-electron chi connectivity index (χ3n) is 3.12. The highest BCUT2D eigenvalue weighted by Crippen LogP contribution is 2.27. The van der Waals surface area contributed by atoms with Crippen LogP contribution in [0.3, 0.4) is 0 Å². The molecule has 0 unspecified atom stereocenters. The lowest BCUT2D eigenvalue weighted by atomic mass is 10.2. The Morgan fingerprint density at radius 2 is 1.95 bits per heavy atom. The third-order valence-corrected chi connectivity index (χ3v) is 4.13. The van der Waals surface area contributed by atoms with Crippen molar-refractivity contribution in [3.8, 4) is 0 Å². The van der Waals surface area contributed by atoms with E-state index in [0.717, 1.165) is 5.69 Å². The second-order valence-corrected chi connectivity index (χ2v) is 5.49. The van der Waals surface area contributed by atoms with Crippen molar-refractivity contribution in [2.45, 2.75) is 13.3 Å². The van der Waals surface area contributed by atoms with E-state index in [-0.39, 0.29) is 18.2 Å². The number of carbonyl (C=O) groups is 2. The Kier molecular flexibility index (Phi) is 3.02. The van der Waals surface area contributed by atoms with Gasteiger partial charge in [-0.3, -0.25) is 14.5 Å². The Balaban J connectivity index is 1.82. The predicted molar refractivity (Wildman–Crippen MR) is 74.9 cm³/mol. The number of amides is 2. The van der Waals surface area contributed by atoms with Crippen molar-refractivity contribution >= 4 is 34.4 Å². The molecule has 3 rings (SSSR count). The van der Waals surface area contributed by atoms with Crippen LogP contribution in [0.1, 0.15) is 12.0 Å². The molecule has 0 radical (unpaired) electrons. The van der Waals surface area contributed by atoms with Crippen molar-refractivity contribution in [1.82, 2.24) is 4.90 Å². The molecule has 0 aliphatic carbocycles. The van der Waals surface area contributed by atoms with E-state index >= 15 is 0 Å². The van der Waals surface area contributed by atoms with E-state index in [0.29, 0.717) is 17.7 Å². The zero-order chi connectivity index (χ0) is 13.4. The summed E-state index contributed by atoms with van der Waals surface area (Å²) >= 11 is 1.42. The van der Waals surface area contributed by atoms with E-state index < -0.39 is 0 Å². The van der Waals surface area contributed by atoms with E-state index in [4.69, 9.17) is 0 Å². The number of aryl methyl sites for hydroxylation is 1. The molecule has 0 saturated carbocycles. The molecule has 1 fully saturated rings. The second-order valence-electron chi connectivity index (χ2n) is 4.58. The average molecular weight is 275 g/mol. The molecule has 5 nitrogen and oxygen atoms in total. The first kappa shape index (κ1) is 12.2. The fourth-order valence-electron chi connectivity index (χ4n) is 2.05. The normalized spacial score (nSPS) is 19.3. The standard InChI is InChI=1S/C13H13N3O2S/c1-9-2-4-10(5-3-9)15-7-16-12(18)6-11(17)14-13(16)19-8-15/h2-5H,6-8H2,1H3. The van der Waals surface area contributed by atoms with Crippen molar-refractivity contribution in [3.63, 3.8) is 0 Å². The minimum atomic E-state index is -0.340. The van der Waals surface area contributed by atoms with Gasteiger partial charge >= 0.3 is 0 Å². The molecule has 6 heteroatoms. The monoisotopic (exact) mass is 275 g/mol. The Morgan fingerprint density at radius 1 is 1.21 bits per heavy atom. The molecule has 0 N–H and O–H groups in total. The van der Waals surface area contributed by atoms with Gasteiger partial charge in [-0.1, -0.05) is 29.5 Å². The van der Waals surface area contributed by atoms with Gasteiger partial charge in [0.1, 0.15) is 13.1 Å². The molecule has 0 spiro atoms. The van der Waals surface area contributed by atoms with Gasteiger partial charge < -0.3 is 4.90 Å². The van der Waals surface area contributed by atoms with Crippen LogP contribution in [-0.2, 0) is 9.59 Å². The number of aliphatic imine (C=N–C) groups is 1. The molecule has 1 aromatic rings. The Bertz CT molecular complexity index is 568. The lowest BCUT2D eigenvalue weighted by Crippen LogP contribution is -2.51. The van der Waals surface area contributed by atoms with E-state index in [1.54, 1.807) is 4.90 Å². The van der Waals surface area contributed by atoms with Gasteiger partial charge in [0, 0.05) is 5.69 Å². The Hall–Kier alpha value is -1.82. The number of rotatable bonds is 1. The van der Waals surface area contributed by atoms with Gasteiger partial charge in [-0.2, -0.15) is 4.99 Å². The van der Waals surface area contributed by atoms with Gasteiger partial charge in [-0.05, 0) is 19.1 Å². The summed E-state index contributed by atoms with van der Waals surface area (Å²) in [6, 6.07) is 8.17. The van der Waals surface area contributed by atoms with Crippen molar-refractivity contribution in [3.05, 3.63) is 29.8 Å². The minimum Gasteiger partial charge on any atom is -0.344 e. The van der Waals surface area contributed by atoms with Gasteiger partial charge in [0.05, 0.1) is 5.88 Å². The smallest absolute Gasteiger partial charge is 0.257 e. The molecule has 2 aliphatic heterocycles. The fourth-order valence-corrected chi connectivity index (χ4v) is 3.03. The van der Waals surface area contributed by atoms with Crippen LogP contribution in [-0.4, -0.2) is 34.4 Å². The van der Waals surface area contributed by atoms with Crippen molar-refractivity contribution in [2.75, 3.05) is 17.4 Å². The summed E-state index contributed by atoms with van der Waals surface area (Å²) in [4.78, 5) is 30.7. The molecule has 19 heavy (non-hydrogen) atoms. The molecule has 2 amide bonds. The highest BCUT2D eigenvalue weighted by Gasteiger charge is 2.33. The van der Waals surface area contributed by atoms with Gasteiger partial charge in [-0.15, -0.1) is 0 Å². The summed E-state index contributed by atoms with van der Waals surface area (Å²) in [5, 5.41) is 0.532. The van der Waals surface area contributed by atoms with Crippen LogP contribution >= 0.6 is 11.8 Å². The van der Waals surface area contributed by atoms with Crippen LogP contribution in [0, 0.1) is 6.92 Å². The number of carbonyl (C=O) groups excluding carboxylic acids is 2. The highest BCUT2D eigenvalue weighted by atomic mass is 32.2. The molecule has 2 heterocycles. The molecule has 0 aromatic heterocycles. The van der Waals surface area contributed by atoms with Crippen molar-refractivity contribution < 1.29 is 9.59 Å². The lowest BCUT2D eigenvalue weighted by Gasteiger charge is -2.38. The topological polar surface area (TPSA) is 53.0 Å². The summed E-state index contributed by atoms with van der Waals surface area (Å²) in [6.07, 6.45) is -0.119. The maximum atomic E-state index is 11.9. The van der Waals surface area contributed by atoms with Gasteiger partial charge in [0.2, 0.25) is 5.91 Å². The van der Waals surface area contributed by atoms with E-state index in [2.05, 4.69) is 9.89 Å². The number of hydrogen-bond donors (Lipinski definition) is 0. The van der Waals surface area contributed by atoms with Crippen LogP contribution in [0.4, 0.5) is 5.69 Å². The number of hydrogen-bond acceptors (Lipinski definition) is 4. The molecule has 1 aromatic carbocycles. The van der Waals surface area contributed by atoms with E-state index in [9.17, 15) is 9.59 Å². The molecular weight excluding hydrogens is 262 g/mol. The summed E-state index contributed by atoms with van der Waals surface area (Å²) in [7, 11) is 0. The number of nitrogens with zero attached hydrogens (tertiary/aromatic N) is 3. The molecular formula is C13H13N3O2S. The predicted octanol–water partition coefficient (Wildman–Crippen LogP) is 1.58. The number of benzene rings is 1. The van der Waals surface area contributed by atoms with Gasteiger partial charge in [0.15, 0.2) is 5.17 Å². The van der Waals surface area contributed by atoms with Crippen LogP contribution in [0.5, 0.6) is 0 Å². The van der Waals surface area contributed by atoms with Gasteiger partial charge in [0.25, 0.3) is 5.91 Å². The zero-order valence-electron chi connectivity index (χ0n) is 10.5. The minimum absolute atomic E-state index is 0.119. The fraction of sp³-hybridized carbons (Fsp3) is 0.308. The first-order chi connectivity index (χ1) is 9.13. The first-order valence-electron chi connectivity index (χ1n) is 6.00. The van der Waals surface area contributed by atoms with Crippen LogP contribution < -0.4 is 4.90 Å². The van der Waals surface area contributed by atoms with E-state index in [1.807, 2.05) is 31.2 Å². The quantitative estimate of drug-likeness (QED) is 0.730.